The molecule has 27 heavy (non-hydrogen) atoms. The second-order valence-corrected chi connectivity index (χ2v) is 6.99. The van der Waals surface area contributed by atoms with Crippen LogP contribution in [0.3, 0.4) is 0 Å². The third kappa shape index (κ3) is 3.50. The Labute approximate surface area is 162 Å². The van der Waals surface area contributed by atoms with Crippen LogP contribution in [0.15, 0.2) is 42.5 Å². The van der Waals surface area contributed by atoms with E-state index in [4.69, 9.17) is 11.6 Å². The normalized spacial score (nSPS) is 14.3. The molecule has 1 amide bonds. The SMILES string of the molecule is O=C1CCCN1c1ccccc1NCc1nc2ccc(Cl)cc2n1CCO. The molecule has 0 radical (unpaired) electrons. The van der Waals surface area contributed by atoms with Gasteiger partial charge >= 0.3 is 0 Å². The molecule has 0 bridgehead atoms. The lowest BCUT2D eigenvalue weighted by molar-refractivity contribution is -0.117. The number of imidazole rings is 1. The molecule has 1 aromatic heterocycles. The molecule has 0 atom stereocenters. The van der Waals surface area contributed by atoms with Crippen LogP contribution in [0.1, 0.15) is 18.7 Å². The van der Waals surface area contributed by atoms with Crippen LogP contribution in [0.4, 0.5) is 11.4 Å². The number of aliphatic hydroxyl groups excluding tert-OH is 1. The Bertz CT molecular complexity index is 985. The lowest BCUT2D eigenvalue weighted by Gasteiger charge is -2.20. The second-order valence-electron chi connectivity index (χ2n) is 6.56. The number of aromatic nitrogens is 2. The molecule has 1 fully saturated rings. The Morgan fingerprint density at radius 2 is 2.07 bits per heavy atom. The van der Waals surface area contributed by atoms with Gasteiger partial charge in [-0.1, -0.05) is 23.7 Å². The van der Waals surface area contributed by atoms with Gasteiger partial charge in [0.25, 0.3) is 0 Å². The molecule has 6 nitrogen and oxygen atoms in total. The number of nitrogens with one attached hydrogen (secondary N) is 1. The van der Waals surface area contributed by atoms with E-state index in [1.165, 1.54) is 0 Å². The number of benzene rings is 2. The molecular weight excluding hydrogens is 364 g/mol. The first-order valence-corrected chi connectivity index (χ1v) is 9.44. The molecule has 0 spiro atoms. The molecule has 2 aromatic carbocycles. The Balaban J connectivity index is 1.63. The predicted molar refractivity (Wildman–Crippen MR) is 107 cm³/mol. The first-order valence-electron chi connectivity index (χ1n) is 9.06. The monoisotopic (exact) mass is 384 g/mol. The standard InChI is InChI=1S/C20H21ClN4O2/c21-14-7-8-16-18(12-14)24(10-11-26)19(23-16)13-22-15-4-1-2-5-17(15)25-9-3-6-20(25)27/h1-2,4-5,7-8,12,22,26H,3,6,9-11,13H2. The first-order chi connectivity index (χ1) is 13.2. The fraction of sp³-hybridized carbons (Fsp3) is 0.300. The van der Waals surface area contributed by atoms with Crippen molar-refractivity contribution in [1.82, 2.24) is 9.55 Å². The van der Waals surface area contributed by atoms with E-state index in [1.807, 2.05) is 51.9 Å². The number of hydrogen-bond donors (Lipinski definition) is 2. The summed E-state index contributed by atoms with van der Waals surface area (Å²) in [6, 6.07) is 13.4. The van der Waals surface area contributed by atoms with Crippen LogP contribution in [0.2, 0.25) is 5.02 Å². The van der Waals surface area contributed by atoms with E-state index in [-0.39, 0.29) is 12.5 Å². The van der Waals surface area contributed by atoms with Crippen LogP contribution in [0.5, 0.6) is 0 Å². The summed E-state index contributed by atoms with van der Waals surface area (Å²) in [5.41, 5.74) is 3.53. The third-order valence-corrected chi connectivity index (χ3v) is 5.05. The van der Waals surface area contributed by atoms with Crippen LogP contribution in [0, 0.1) is 0 Å². The van der Waals surface area contributed by atoms with E-state index in [9.17, 15) is 9.90 Å². The number of amides is 1. The Kier molecular flexibility index (Phi) is 5.01. The van der Waals surface area contributed by atoms with Crippen molar-refractivity contribution in [2.24, 2.45) is 0 Å². The summed E-state index contributed by atoms with van der Waals surface area (Å²) in [6.07, 6.45) is 1.49. The van der Waals surface area contributed by atoms with Gasteiger partial charge in [-0.05, 0) is 36.8 Å². The average molecular weight is 385 g/mol. The van der Waals surface area contributed by atoms with E-state index < -0.39 is 0 Å². The van der Waals surface area contributed by atoms with E-state index in [0.29, 0.717) is 24.5 Å². The van der Waals surface area contributed by atoms with Gasteiger partial charge in [0.15, 0.2) is 0 Å². The van der Waals surface area contributed by atoms with E-state index in [0.717, 1.165) is 41.2 Å². The van der Waals surface area contributed by atoms with Crippen LogP contribution in [-0.2, 0) is 17.9 Å². The number of aliphatic hydroxyl groups is 1. The molecule has 1 aliphatic rings. The molecule has 140 valence electrons. The van der Waals surface area contributed by atoms with Gasteiger partial charge in [-0.15, -0.1) is 0 Å². The van der Waals surface area contributed by atoms with E-state index in [2.05, 4.69) is 10.3 Å². The van der Waals surface area contributed by atoms with E-state index in [1.54, 1.807) is 0 Å². The highest BCUT2D eigenvalue weighted by Gasteiger charge is 2.23. The number of hydrogen-bond acceptors (Lipinski definition) is 4. The number of carbonyl (C=O) groups is 1. The maximum Gasteiger partial charge on any atom is 0.227 e. The lowest BCUT2D eigenvalue weighted by atomic mass is 10.2. The minimum Gasteiger partial charge on any atom is -0.395 e. The molecule has 3 aromatic rings. The minimum atomic E-state index is 0.0177. The van der Waals surface area contributed by atoms with Gasteiger partial charge in [-0.2, -0.15) is 0 Å². The number of carbonyl (C=O) groups excluding carboxylic acids is 1. The quantitative estimate of drug-likeness (QED) is 0.683. The fourth-order valence-electron chi connectivity index (χ4n) is 3.57. The molecule has 0 aliphatic carbocycles. The molecule has 2 heterocycles. The number of halogens is 1. The second kappa shape index (κ2) is 7.58. The molecule has 0 saturated carbocycles. The maximum absolute atomic E-state index is 12.1. The highest BCUT2D eigenvalue weighted by Crippen LogP contribution is 2.30. The van der Waals surface area contributed by atoms with Gasteiger partial charge in [0.2, 0.25) is 5.91 Å². The van der Waals surface area contributed by atoms with Gasteiger partial charge in [0.1, 0.15) is 5.82 Å². The number of nitrogens with zero attached hydrogens (tertiary/aromatic N) is 3. The van der Waals surface area contributed by atoms with Gasteiger partial charge in [0, 0.05) is 24.5 Å². The van der Waals surface area contributed by atoms with Gasteiger partial charge in [-0.3, -0.25) is 4.79 Å². The van der Waals surface area contributed by atoms with Crippen LogP contribution in [-0.4, -0.2) is 33.7 Å². The fourth-order valence-corrected chi connectivity index (χ4v) is 3.73. The Morgan fingerprint density at radius 3 is 2.85 bits per heavy atom. The molecular formula is C20H21ClN4O2. The van der Waals surface area contributed by atoms with Crippen molar-refractivity contribution in [1.29, 1.82) is 0 Å². The smallest absolute Gasteiger partial charge is 0.227 e. The van der Waals surface area contributed by atoms with Crippen LogP contribution in [0.25, 0.3) is 11.0 Å². The van der Waals surface area contributed by atoms with Crippen LogP contribution < -0.4 is 10.2 Å². The zero-order chi connectivity index (χ0) is 18.8. The zero-order valence-electron chi connectivity index (χ0n) is 14.9. The first kappa shape index (κ1) is 17.8. The van der Waals surface area contributed by atoms with Crippen molar-refractivity contribution in [2.45, 2.75) is 25.9 Å². The number of fused-ring (bicyclic) bond motifs is 1. The molecule has 0 unspecified atom stereocenters. The van der Waals surface area contributed by atoms with Crippen molar-refractivity contribution in [2.75, 3.05) is 23.4 Å². The summed E-state index contributed by atoms with van der Waals surface area (Å²) in [6.45, 7) is 1.69. The lowest BCUT2D eigenvalue weighted by Crippen LogP contribution is -2.24. The summed E-state index contributed by atoms with van der Waals surface area (Å²) in [4.78, 5) is 18.6. The summed E-state index contributed by atoms with van der Waals surface area (Å²) >= 11 is 6.12. The van der Waals surface area contributed by atoms with Crippen molar-refractivity contribution in [3.8, 4) is 0 Å². The summed E-state index contributed by atoms with van der Waals surface area (Å²) in [5.74, 6) is 0.968. The summed E-state index contributed by atoms with van der Waals surface area (Å²) < 4.78 is 1.97. The molecule has 4 rings (SSSR count). The molecule has 7 heteroatoms. The topological polar surface area (TPSA) is 70.4 Å². The van der Waals surface area contributed by atoms with Crippen molar-refractivity contribution in [3.05, 3.63) is 53.3 Å². The third-order valence-electron chi connectivity index (χ3n) is 4.82. The highest BCUT2D eigenvalue weighted by atomic mass is 35.5. The molecule has 2 N–H and O–H groups in total. The highest BCUT2D eigenvalue weighted by molar-refractivity contribution is 6.31. The maximum atomic E-state index is 12.1. The summed E-state index contributed by atoms with van der Waals surface area (Å²) in [5, 5.41) is 13.5. The van der Waals surface area contributed by atoms with Crippen molar-refractivity contribution >= 4 is 39.9 Å². The number of para-hydroxylation sites is 2. The van der Waals surface area contributed by atoms with Gasteiger partial charge in [-0.25, -0.2) is 4.98 Å². The van der Waals surface area contributed by atoms with E-state index >= 15 is 0 Å². The zero-order valence-corrected chi connectivity index (χ0v) is 15.6. The largest absolute Gasteiger partial charge is 0.395 e. The number of anilines is 2. The van der Waals surface area contributed by atoms with Crippen molar-refractivity contribution < 1.29 is 9.90 Å². The predicted octanol–water partition coefficient (Wildman–Crippen LogP) is 3.42. The van der Waals surface area contributed by atoms with Crippen molar-refractivity contribution in [3.63, 3.8) is 0 Å². The van der Waals surface area contributed by atoms with Crippen LogP contribution >= 0.6 is 11.6 Å². The van der Waals surface area contributed by atoms with Gasteiger partial charge in [0.05, 0.1) is 35.6 Å². The number of rotatable bonds is 6. The Hall–Kier alpha value is -2.57. The minimum absolute atomic E-state index is 0.0177. The molecule has 1 saturated heterocycles. The van der Waals surface area contributed by atoms with Gasteiger partial charge < -0.3 is 19.9 Å². The molecule has 1 aliphatic heterocycles. The summed E-state index contributed by atoms with van der Waals surface area (Å²) in [7, 11) is 0. The average Bonchev–Trinajstić information content (AvgIpc) is 3.24. The Morgan fingerprint density at radius 1 is 1.22 bits per heavy atom.